The van der Waals surface area contributed by atoms with E-state index in [1.54, 1.807) is 4.90 Å². The van der Waals surface area contributed by atoms with Crippen LogP contribution in [0.25, 0.3) is 0 Å². The van der Waals surface area contributed by atoms with Crippen molar-refractivity contribution < 1.29 is 4.79 Å². The highest BCUT2D eigenvalue weighted by atomic mass is 16.2. The minimum absolute atomic E-state index is 0.124. The van der Waals surface area contributed by atoms with E-state index in [1.807, 2.05) is 50.5 Å². The van der Waals surface area contributed by atoms with Crippen LogP contribution in [0.3, 0.4) is 0 Å². The normalized spacial score (nSPS) is 18.0. The van der Waals surface area contributed by atoms with Crippen molar-refractivity contribution in [3.05, 3.63) is 71.8 Å². The molecule has 0 saturated carbocycles. The summed E-state index contributed by atoms with van der Waals surface area (Å²) in [4.78, 5) is 17.6. The molecule has 2 aromatic carbocycles. The molecule has 1 aliphatic rings. The zero-order chi connectivity index (χ0) is 18.6. The molecule has 1 amide bonds. The number of nitrogens with two attached hydrogens (primary N) is 1. The summed E-state index contributed by atoms with van der Waals surface area (Å²) in [5.74, 6) is 0.124. The molecule has 3 rings (SSSR count). The first-order chi connectivity index (χ1) is 12.5. The molecule has 2 N–H and O–H groups in total. The Morgan fingerprint density at radius 1 is 1.08 bits per heavy atom. The van der Waals surface area contributed by atoms with Crippen LogP contribution in [0.5, 0.6) is 0 Å². The lowest BCUT2D eigenvalue weighted by molar-refractivity contribution is -0.133. The largest absolute Gasteiger partial charge is 0.348 e. The smallest absolute Gasteiger partial charge is 0.237 e. The number of hydrogen-bond donors (Lipinski definition) is 1. The van der Waals surface area contributed by atoms with Gasteiger partial charge in [0.15, 0.2) is 0 Å². The Morgan fingerprint density at radius 3 is 2.04 bits per heavy atom. The highest BCUT2D eigenvalue weighted by molar-refractivity contribution is 5.91. The zero-order valence-electron chi connectivity index (χ0n) is 15.8. The number of rotatable bonds is 6. The molecule has 0 bridgehead atoms. The van der Waals surface area contributed by atoms with Gasteiger partial charge in [-0.25, -0.2) is 0 Å². The van der Waals surface area contributed by atoms with E-state index in [4.69, 9.17) is 5.73 Å². The highest BCUT2D eigenvalue weighted by Crippen LogP contribution is 2.38. The number of carbonyl (C=O) groups excluding carboxylic acids is 1. The highest BCUT2D eigenvalue weighted by Gasteiger charge is 2.43. The molecule has 0 spiro atoms. The van der Waals surface area contributed by atoms with Crippen LogP contribution in [0.15, 0.2) is 60.7 Å². The summed E-state index contributed by atoms with van der Waals surface area (Å²) < 4.78 is 0. The van der Waals surface area contributed by atoms with Gasteiger partial charge in [-0.2, -0.15) is 0 Å². The molecule has 0 radical (unpaired) electrons. The van der Waals surface area contributed by atoms with Crippen LogP contribution in [0.2, 0.25) is 0 Å². The fourth-order valence-electron chi connectivity index (χ4n) is 4.03. The summed E-state index contributed by atoms with van der Waals surface area (Å²) in [5.41, 5.74) is 7.49. The van der Waals surface area contributed by atoms with Gasteiger partial charge in [0.05, 0.1) is 0 Å². The molecule has 1 atom stereocenters. The second-order valence-electron chi connectivity index (χ2n) is 7.44. The number of likely N-dealkylation sites (tertiary alicyclic amines) is 1. The fourth-order valence-corrected chi connectivity index (χ4v) is 4.03. The Kier molecular flexibility index (Phi) is 5.74. The summed E-state index contributed by atoms with van der Waals surface area (Å²) in [6.45, 7) is 2.78. The third kappa shape index (κ3) is 3.67. The van der Waals surface area contributed by atoms with E-state index in [2.05, 4.69) is 29.2 Å². The summed E-state index contributed by atoms with van der Waals surface area (Å²) in [5, 5.41) is 0. The lowest BCUT2D eigenvalue weighted by atomic mass is 9.70. The second-order valence-corrected chi connectivity index (χ2v) is 7.44. The molecular weight excluding hydrogens is 322 g/mol. The molecule has 1 heterocycles. The van der Waals surface area contributed by atoms with E-state index >= 15 is 0 Å². The van der Waals surface area contributed by atoms with Gasteiger partial charge >= 0.3 is 0 Å². The number of likely N-dealkylation sites (N-methyl/N-ethyl adjacent to an activating group) is 1. The molecule has 26 heavy (non-hydrogen) atoms. The molecule has 0 aromatic heterocycles. The Bertz CT molecular complexity index is 675. The van der Waals surface area contributed by atoms with Gasteiger partial charge in [-0.15, -0.1) is 0 Å². The molecule has 4 heteroatoms. The zero-order valence-corrected chi connectivity index (χ0v) is 15.8. The number of benzene rings is 2. The number of hydrogen-bond acceptors (Lipinski definition) is 3. The van der Waals surface area contributed by atoms with Crippen molar-refractivity contribution >= 4 is 5.91 Å². The molecule has 0 unspecified atom stereocenters. The van der Waals surface area contributed by atoms with Crippen LogP contribution in [0.1, 0.15) is 24.0 Å². The van der Waals surface area contributed by atoms with E-state index in [1.165, 1.54) is 0 Å². The Labute approximate surface area is 156 Å². The Morgan fingerprint density at radius 2 is 1.62 bits per heavy atom. The van der Waals surface area contributed by atoms with Crippen molar-refractivity contribution in [2.45, 2.75) is 24.3 Å². The first-order valence-electron chi connectivity index (χ1n) is 9.35. The van der Waals surface area contributed by atoms with Crippen LogP contribution >= 0.6 is 0 Å². The summed E-state index contributed by atoms with van der Waals surface area (Å²) in [7, 11) is 3.68. The van der Waals surface area contributed by atoms with Crippen LogP contribution in [0, 0.1) is 0 Å². The number of nitrogens with zero attached hydrogens (tertiary/aromatic N) is 2. The lowest BCUT2D eigenvalue weighted by Crippen LogP contribution is -2.47. The van der Waals surface area contributed by atoms with Crippen LogP contribution in [-0.2, 0) is 10.2 Å². The second kappa shape index (κ2) is 8.02. The SMILES string of the molecule is CN(C)C(=O)C(CCN1CC[C@@H](N)C1)(c1ccccc1)c1ccccc1. The topological polar surface area (TPSA) is 49.6 Å². The maximum atomic E-state index is 13.5. The van der Waals surface area contributed by atoms with E-state index in [0.717, 1.165) is 43.6 Å². The molecule has 1 aliphatic heterocycles. The predicted octanol–water partition coefficient (Wildman–Crippen LogP) is 2.48. The van der Waals surface area contributed by atoms with Gasteiger partial charge in [-0.05, 0) is 37.1 Å². The maximum Gasteiger partial charge on any atom is 0.237 e. The minimum Gasteiger partial charge on any atom is -0.348 e. The van der Waals surface area contributed by atoms with Gasteiger partial charge in [-0.3, -0.25) is 4.79 Å². The molecule has 2 aromatic rings. The monoisotopic (exact) mass is 351 g/mol. The molecule has 4 nitrogen and oxygen atoms in total. The van der Waals surface area contributed by atoms with E-state index < -0.39 is 5.41 Å². The molecule has 138 valence electrons. The average Bonchev–Trinajstić information content (AvgIpc) is 3.09. The Hall–Kier alpha value is -2.17. The van der Waals surface area contributed by atoms with Crippen LogP contribution < -0.4 is 5.73 Å². The van der Waals surface area contributed by atoms with Crippen LogP contribution in [0.4, 0.5) is 0 Å². The standard InChI is InChI=1S/C22H29N3O/c1-24(2)21(26)22(18-9-5-3-6-10-18,19-11-7-4-8-12-19)14-16-25-15-13-20(23)17-25/h3-12,20H,13-17,23H2,1-2H3/t20-/m1/s1. The quantitative estimate of drug-likeness (QED) is 0.870. The first-order valence-corrected chi connectivity index (χ1v) is 9.35. The number of carbonyl (C=O) groups is 1. The van der Waals surface area contributed by atoms with Crippen molar-refractivity contribution in [3.8, 4) is 0 Å². The van der Waals surface area contributed by atoms with E-state index in [-0.39, 0.29) is 11.9 Å². The van der Waals surface area contributed by atoms with E-state index in [0.29, 0.717) is 0 Å². The fraction of sp³-hybridized carbons (Fsp3) is 0.409. The minimum atomic E-state index is -0.682. The lowest BCUT2D eigenvalue weighted by Gasteiger charge is -2.37. The molecule has 1 fully saturated rings. The third-order valence-electron chi connectivity index (χ3n) is 5.42. The Balaban J connectivity index is 2.04. The number of amides is 1. The summed E-state index contributed by atoms with van der Waals surface area (Å²) >= 11 is 0. The average molecular weight is 351 g/mol. The van der Waals surface area contributed by atoms with Gasteiger partial charge < -0.3 is 15.5 Å². The first kappa shape index (κ1) is 18.6. The van der Waals surface area contributed by atoms with Gasteiger partial charge in [0.1, 0.15) is 5.41 Å². The maximum absolute atomic E-state index is 13.5. The van der Waals surface area contributed by atoms with Crippen molar-refractivity contribution in [3.63, 3.8) is 0 Å². The van der Waals surface area contributed by atoms with Crippen LogP contribution in [-0.4, -0.2) is 55.5 Å². The van der Waals surface area contributed by atoms with Crippen molar-refractivity contribution in [2.24, 2.45) is 5.73 Å². The van der Waals surface area contributed by atoms with Crippen molar-refractivity contribution in [1.82, 2.24) is 9.80 Å². The van der Waals surface area contributed by atoms with Gasteiger partial charge in [0.25, 0.3) is 0 Å². The summed E-state index contributed by atoms with van der Waals surface area (Å²) in [6, 6.07) is 20.6. The molecule has 0 aliphatic carbocycles. The van der Waals surface area contributed by atoms with E-state index in [9.17, 15) is 4.79 Å². The third-order valence-corrected chi connectivity index (χ3v) is 5.42. The van der Waals surface area contributed by atoms with Crippen molar-refractivity contribution in [1.29, 1.82) is 0 Å². The van der Waals surface area contributed by atoms with Gasteiger partial charge in [0.2, 0.25) is 5.91 Å². The molecule has 1 saturated heterocycles. The summed E-state index contributed by atoms with van der Waals surface area (Å²) in [6.07, 6.45) is 1.77. The van der Waals surface area contributed by atoms with Gasteiger partial charge in [0, 0.05) is 26.7 Å². The van der Waals surface area contributed by atoms with Crippen molar-refractivity contribution in [2.75, 3.05) is 33.7 Å². The predicted molar refractivity (Wildman–Crippen MR) is 106 cm³/mol. The van der Waals surface area contributed by atoms with Gasteiger partial charge in [-0.1, -0.05) is 60.7 Å². The molecular formula is C22H29N3O.